The van der Waals surface area contributed by atoms with E-state index < -0.39 is 0 Å². The molecule has 0 radical (unpaired) electrons. The Hall–Kier alpha value is -1.07. The van der Waals surface area contributed by atoms with E-state index in [0.29, 0.717) is 6.61 Å². The highest BCUT2D eigenvalue weighted by atomic mass is 32.1. The smallest absolute Gasteiger partial charge is 0.315 e. The monoisotopic (exact) mass is 254 g/mol. The van der Waals surface area contributed by atoms with Crippen LogP contribution in [0.25, 0.3) is 0 Å². The summed E-state index contributed by atoms with van der Waals surface area (Å²) in [6.07, 6.45) is 1.79. The predicted octanol–water partition coefficient (Wildman–Crippen LogP) is 1.77. The Morgan fingerprint density at radius 1 is 1.71 bits per heavy atom. The van der Waals surface area contributed by atoms with Gasteiger partial charge < -0.3 is 15.4 Å². The summed E-state index contributed by atoms with van der Waals surface area (Å²) in [6.45, 7) is 3.40. The molecule has 1 saturated heterocycles. The van der Waals surface area contributed by atoms with Gasteiger partial charge in [-0.15, -0.1) is 11.3 Å². The lowest BCUT2D eigenvalue weighted by atomic mass is 10.2. The van der Waals surface area contributed by atoms with Gasteiger partial charge in [0.15, 0.2) is 0 Å². The SMILES string of the molecule is CC(Cc1cccs1)NC(=O)NC1CCOC1. The third-order valence-corrected chi connectivity index (χ3v) is 3.63. The highest BCUT2D eigenvalue weighted by Gasteiger charge is 2.18. The molecule has 17 heavy (non-hydrogen) atoms. The van der Waals surface area contributed by atoms with Gasteiger partial charge in [-0.1, -0.05) is 6.07 Å². The van der Waals surface area contributed by atoms with E-state index in [1.807, 2.05) is 13.0 Å². The zero-order valence-corrected chi connectivity index (χ0v) is 10.8. The topological polar surface area (TPSA) is 50.4 Å². The third kappa shape index (κ3) is 4.02. The molecule has 2 unspecified atom stereocenters. The van der Waals surface area contributed by atoms with Crippen molar-refractivity contribution in [1.29, 1.82) is 0 Å². The highest BCUT2D eigenvalue weighted by molar-refractivity contribution is 7.09. The van der Waals surface area contributed by atoms with Gasteiger partial charge in [0.05, 0.1) is 12.6 Å². The molecule has 1 aliphatic rings. The maximum absolute atomic E-state index is 11.7. The fourth-order valence-corrected chi connectivity index (χ4v) is 2.72. The van der Waals surface area contributed by atoms with Crippen molar-refractivity contribution >= 4 is 17.4 Å². The summed E-state index contributed by atoms with van der Waals surface area (Å²) in [5.74, 6) is 0. The lowest BCUT2D eigenvalue weighted by molar-refractivity contribution is 0.188. The van der Waals surface area contributed by atoms with Crippen molar-refractivity contribution in [2.45, 2.75) is 31.8 Å². The number of nitrogens with one attached hydrogen (secondary N) is 2. The summed E-state index contributed by atoms with van der Waals surface area (Å²) in [6, 6.07) is 4.35. The molecule has 1 aromatic heterocycles. The van der Waals surface area contributed by atoms with E-state index in [2.05, 4.69) is 22.1 Å². The fraction of sp³-hybridized carbons (Fsp3) is 0.583. The van der Waals surface area contributed by atoms with Crippen molar-refractivity contribution in [2.75, 3.05) is 13.2 Å². The number of urea groups is 1. The zero-order chi connectivity index (χ0) is 12.1. The van der Waals surface area contributed by atoms with Crippen LogP contribution in [-0.2, 0) is 11.2 Å². The quantitative estimate of drug-likeness (QED) is 0.860. The van der Waals surface area contributed by atoms with Crippen LogP contribution in [0.2, 0.25) is 0 Å². The first-order valence-electron chi connectivity index (χ1n) is 5.91. The Bertz CT molecular complexity index is 347. The molecular weight excluding hydrogens is 236 g/mol. The molecule has 2 amide bonds. The first kappa shape index (κ1) is 12.4. The van der Waals surface area contributed by atoms with E-state index in [9.17, 15) is 4.79 Å². The number of carbonyl (C=O) groups is 1. The summed E-state index contributed by atoms with van der Waals surface area (Å²) >= 11 is 1.72. The van der Waals surface area contributed by atoms with Crippen LogP contribution < -0.4 is 10.6 Å². The van der Waals surface area contributed by atoms with E-state index in [4.69, 9.17) is 4.74 Å². The van der Waals surface area contributed by atoms with Crippen molar-refractivity contribution < 1.29 is 9.53 Å². The molecule has 4 nitrogen and oxygen atoms in total. The molecule has 0 spiro atoms. The average molecular weight is 254 g/mol. The normalized spacial score (nSPS) is 21.1. The number of ether oxygens (including phenoxy) is 1. The molecule has 2 heterocycles. The van der Waals surface area contributed by atoms with Gasteiger partial charge in [0.1, 0.15) is 0 Å². The van der Waals surface area contributed by atoms with Crippen LogP contribution in [0.3, 0.4) is 0 Å². The Balaban J connectivity index is 1.70. The number of thiophene rings is 1. The minimum absolute atomic E-state index is 0.0930. The molecule has 0 saturated carbocycles. The molecule has 1 aromatic rings. The largest absolute Gasteiger partial charge is 0.379 e. The van der Waals surface area contributed by atoms with Crippen LogP contribution in [0.5, 0.6) is 0 Å². The summed E-state index contributed by atoms with van der Waals surface area (Å²) < 4.78 is 5.21. The van der Waals surface area contributed by atoms with Crippen LogP contribution in [0.1, 0.15) is 18.2 Å². The van der Waals surface area contributed by atoms with Gasteiger partial charge in [0.25, 0.3) is 0 Å². The first-order valence-corrected chi connectivity index (χ1v) is 6.79. The molecule has 2 N–H and O–H groups in total. The van der Waals surface area contributed by atoms with Crippen LogP contribution in [0.4, 0.5) is 4.79 Å². The van der Waals surface area contributed by atoms with Gasteiger partial charge in [-0.05, 0) is 24.8 Å². The van der Waals surface area contributed by atoms with Gasteiger partial charge in [0, 0.05) is 23.9 Å². The molecule has 0 aromatic carbocycles. The summed E-state index contributed by atoms with van der Waals surface area (Å²) in [5.41, 5.74) is 0. The van der Waals surface area contributed by atoms with Crippen molar-refractivity contribution in [2.24, 2.45) is 0 Å². The second-order valence-electron chi connectivity index (χ2n) is 4.36. The lowest BCUT2D eigenvalue weighted by Gasteiger charge is -2.16. The van der Waals surface area contributed by atoms with Crippen LogP contribution >= 0.6 is 11.3 Å². The third-order valence-electron chi connectivity index (χ3n) is 2.73. The Labute approximate surface area is 105 Å². The molecule has 2 atom stereocenters. The van der Waals surface area contributed by atoms with Gasteiger partial charge >= 0.3 is 6.03 Å². The molecule has 2 rings (SSSR count). The fourth-order valence-electron chi connectivity index (χ4n) is 1.88. The number of hydrogen-bond acceptors (Lipinski definition) is 3. The molecule has 0 aliphatic carbocycles. The molecule has 1 aliphatic heterocycles. The van der Waals surface area contributed by atoms with Crippen molar-refractivity contribution in [3.63, 3.8) is 0 Å². The maximum atomic E-state index is 11.7. The van der Waals surface area contributed by atoms with Gasteiger partial charge in [0.2, 0.25) is 0 Å². The van der Waals surface area contributed by atoms with E-state index in [0.717, 1.165) is 19.4 Å². The standard InChI is InChI=1S/C12H18N2O2S/c1-9(7-11-3-2-6-17-11)13-12(15)14-10-4-5-16-8-10/h2-3,6,9-10H,4-5,7-8H2,1H3,(H2,13,14,15). The van der Waals surface area contributed by atoms with Crippen molar-refractivity contribution in [3.8, 4) is 0 Å². The minimum atomic E-state index is -0.0930. The zero-order valence-electron chi connectivity index (χ0n) is 9.94. The number of rotatable bonds is 4. The second kappa shape index (κ2) is 6.02. The van der Waals surface area contributed by atoms with Crippen molar-refractivity contribution in [3.05, 3.63) is 22.4 Å². The van der Waals surface area contributed by atoms with E-state index in [1.165, 1.54) is 4.88 Å². The number of amides is 2. The van der Waals surface area contributed by atoms with E-state index >= 15 is 0 Å². The number of hydrogen-bond donors (Lipinski definition) is 2. The van der Waals surface area contributed by atoms with Crippen LogP contribution in [-0.4, -0.2) is 31.3 Å². The maximum Gasteiger partial charge on any atom is 0.315 e. The number of carbonyl (C=O) groups excluding carboxylic acids is 1. The Morgan fingerprint density at radius 2 is 2.59 bits per heavy atom. The average Bonchev–Trinajstić information content (AvgIpc) is 2.90. The Morgan fingerprint density at radius 3 is 3.24 bits per heavy atom. The summed E-state index contributed by atoms with van der Waals surface area (Å²) in [5, 5.41) is 7.92. The lowest BCUT2D eigenvalue weighted by Crippen LogP contribution is -2.46. The molecule has 1 fully saturated rings. The second-order valence-corrected chi connectivity index (χ2v) is 5.40. The molecule has 0 bridgehead atoms. The van der Waals surface area contributed by atoms with Crippen molar-refractivity contribution in [1.82, 2.24) is 10.6 Å². The van der Waals surface area contributed by atoms with Gasteiger partial charge in [-0.25, -0.2) is 4.79 Å². The summed E-state index contributed by atoms with van der Waals surface area (Å²) in [7, 11) is 0. The van der Waals surface area contributed by atoms with Gasteiger partial charge in [-0.2, -0.15) is 0 Å². The first-order chi connectivity index (χ1) is 8.24. The van der Waals surface area contributed by atoms with E-state index in [-0.39, 0.29) is 18.1 Å². The molecule has 94 valence electrons. The van der Waals surface area contributed by atoms with Crippen LogP contribution in [0, 0.1) is 0 Å². The van der Waals surface area contributed by atoms with E-state index in [1.54, 1.807) is 11.3 Å². The minimum Gasteiger partial charge on any atom is -0.379 e. The predicted molar refractivity (Wildman–Crippen MR) is 68.4 cm³/mol. The molecular formula is C12H18N2O2S. The van der Waals surface area contributed by atoms with Crippen LogP contribution in [0.15, 0.2) is 17.5 Å². The Kier molecular flexibility index (Phi) is 4.39. The highest BCUT2D eigenvalue weighted by Crippen LogP contribution is 2.11. The molecule has 5 heteroatoms. The summed E-state index contributed by atoms with van der Waals surface area (Å²) in [4.78, 5) is 13.0. The van der Waals surface area contributed by atoms with Gasteiger partial charge in [-0.3, -0.25) is 0 Å².